The monoisotopic (exact) mass is 470 g/mol. The third-order valence-corrected chi connectivity index (χ3v) is 4.23. The number of guanidine groups is 1. The number of aliphatic imine (C=N–C) groups is 1. The van der Waals surface area contributed by atoms with Gasteiger partial charge in [-0.3, -0.25) is 14.6 Å². The summed E-state index contributed by atoms with van der Waals surface area (Å²) in [4.78, 5) is 6.63. The quantitative estimate of drug-likeness (QED) is 0.256. The molecule has 0 amide bonds. The van der Waals surface area contributed by atoms with Gasteiger partial charge in [0.05, 0.1) is 0 Å². The molecule has 6 nitrogen and oxygen atoms in total. The van der Waals surface area contributed by atoms with Crippen LogP contribution in [0.4, 0.5) is 0 Å². The summed E-state index contributed by atoms with van der Waals surface area (Å²) in [6.07, 6.45) is 4.80. The number of rotatable bonds is 9. The van der Waals surface area contributed by atoms with E-state index in [2.05, 4.69) is 69.9 Å². The van der Waals surface area contributed by atoms with Gasteiger partial charge in [0, 0.05) is 51.7 Å². The zero-order chi connectivity index (χ0) is 17.9. The molecule has 7 heteroatoms. The van der Waals surface area contributed by atoms with Gasteiger partial charge in [0.1, 0.15) is 0 Å². The summed E-state index contributed by atoms with van der Waals surface area (Å²) in [5.41, 5.74) is 1.33. The SMILES string of the molecule is CN=C(NCCCn1cccn1)NCC(C)N(C)Cc1ccccc1.I. The Bertz CT molecular complexity index is 614. The fourth-order valence-electron chi connectivity index (χ4n) is 2.53. The number of benzene rings is 1. The van der Waals surface area contributed by atoms with Crippen molar-refractivity contribution in [1.29, 1.82) is 0 Å². The second-order valence-electron chi connectivity index (χ2n) is 6.25. The van der Waals surface area contributed by atoms with Gasteiger partial charge in [-0.15, -0.1) is 24.0 Å². The summed E-state index contributed by atoms with van der Waals surface area (Å²) in [6, 6.07) is 12.9. The number of likely N-dealkylation sites (N-methyl/N-ethyl adjacent to an activating group) is 1. The molecule has 0 aliphatic rings. The molecule has 26 heavy (non-hydrogen) atoms. The molecule has 1 aromatic heterocycles. The van der Waals surface area contributed by atoms with Gasteiger partial charge in [0.2, 0.25) is 0 Å². The second kappa shape index (κ2) is 12.7. The average molecular weight is 470 g/mol. The van der Waals surface area contributed by atoms with E-state index in [1.165, 1.54) is 5.56 Å². The number of hydrogen-bond acceptors (Lipinski definition) is 3. The van der Waals surface area contributed by atoms with E-state index < -0.39 is 0 Å². The van der Waals surface area contributed by atoms with Gasteiger partial charge >= 0.3 is 0 Å². The van der Waals surface area contributed by atoms with Crippen molar-refractivity contribution in [1.82, 2.24) is 25.3 Å². The normalized spacial score (nSPS) is 12.5. The van der Waals surface area contributed by atoms with Gasteiger partial charge in [-0.1, -0.05) is 30.3 Å². The fraction of sp³-hybridized carbons (Fsp3) is 0.474. The average Bonchev–Trinajstić information content (AvgIpc) is 3.15. The Kier molecular flexibility index (Phi) is 11.0. The molecule has 0 bridgehead atoms. The molecule has 0 saturated carbocycles. The molecule has 1 atom stereocenters. The predicted octanol–water partition coefficient (Wildman–Crippen LogP) is 2.58. The van der Waals surface area contributed by atoms with Gasteiger partial charge in [0.25, 0.3) is 0 Å². The number of halogens is 1. The zero-order valence-corrected chi connectivity index (χ0v) is 18.3. The third kappa shape index (κ3) is 8.18. The minimum Gasteiger partial charge on any atom is -0.356 e. The largest absolute Gasteiger partial charge is 0.356 e. The molecule has 1 heterocycles. The van der Waals surface area contributed by atoms with Gasteiger partial charge in [-0.05, 0) is 32.0 Å². The van der Waals surface area contributed by atoms with Crippen LogP contribution in [0.25, 0.3) is 0 Å². The van der Waals surface area contributed by atoms with Crippen molar-refractivity contribution in [2.45, 2.75) is 32.5 Å². The molecule has 0 radical (unpaired) electrons. The minimum atomic E-state index is 0. The maximum Gasteiger partial charge on any atom is 0.191 e. The van der Waals surface area contributed by atoms with Crippen LogP contribution in [-0.4, -0.2) is 53.9 Å². The van der Waals surface area contributed by atoms with Crippen molar-refractivity contribution < 1.29 is 0 Å². The smallest absolute Gasteiger partial charge is 0.191 e. The van der Waals surface area contributed by atoms with E-state index in [1.807, 2.05) is 16.9 Å². The van der Waals surface area contributed by atoms with Gasteiger partial charge in [-0.2, -0.15) is 5.10 Å². The Labute approximate surface area is 174 Å². The number of nitrogens with one attached hydrogen (secondary N) is 2. The van der Waals surface area contributed by atoms with Crippen molar-refractivity contribution in [3.63, 3.8) is 0 Å². The molecule has 2 aromatic rings. The summed E-state index contributed by atoms with van der Waals surface area (Å²) in [7, 11) is 3.96. The maximum absolute atomic E-state index is 4.29. The summed E-state index contributed by atoms with van der Waals surface area (Å²) in [5.74, 6) is 0.848. The lowest BCUT2D eigenvalue weighted by atomic mass is 10.2. The molecule has 0 aliphatic carbocycles. The highest BCUT2D eigenvalue weighted by molar-refractivity contribution is 14.0. The van der Waals surface area contributed by atoms with Crippen molar-refractivity contribution in [2.24, 2.45) is 4.99 Å². The van der Waals surface area contributed by atoms with Crippen LogP contribution in [0.2, 0.25) is 0 Å². The van der Waals surface area contributed by atoms with E-state index in [0.29, 0.717) is 6.04 Å². The Hall–Kier alpha value is -1.61. The topological polar surface area (TPSA) is 57.5 Å². The number of hydrogen-bond donors (Lipinski definition) is 2. The Morgan fingerprint density at radius 2 is 2.00 bits per heavy atom. The highest BCUT2D eigenvalue weighted by atomic mass is 127. The molecule has 1 unspecified atom stereocenters. The first kappa shape index (κ1) is 22.4. The Morgan fingerprint density at radius 1 is 1.23 bits per heavy atom. The van der Waals surface area contributed by atoms with E-state index in [1.54, 1.807) is 13.2 Å². The van der Waals surface area contributed by atoms with E-state index >= 15 is 0 Å². The summed E-state index contributed by atoms with van der Waals surface area (Å²) < 4.78 is 1.94. The van der Waals surface area contributed by atoms with E-state index in [9.17, 15) is 0 Å². The van der Waals surface area contributed by atoms with Crippen LogP contribution in [-0.2, 0) is 13.1 Å². The highest BCUT2D eigenvalue weighted by Gasteiger charge is 2.10. The molecular formula is C19H31IN6. The number of aryl methyl sites for hydroxylation is 1. The molecule has 0 aliphatic heterocycles. The number of nitrogens with zero attached hydrogens (tertiary/aromatic N) is 4. The second-order valence-corrected chi connectivity index (χ2v) is 6.25. The molecule has 0 fully saturated rings. The van der Waals surface area contributed by atoms with Crippen LogP contribution in [0.3, 0.4) is 0 Å². The van der Waals surface area contributed by atoms with Crippen LogP contribution in [0.15, 0.2) is 53.8 Å². The Balaban J connectivity index is 0.00000338. The lowest BCUT2D eigenvalue weighted by molar-refractivity contribution is 0.249. The van der Waals surface area contributed by atoms with E-state index in [4.69, 9.17) is 0 Å². The molecule has 1 aromatic carbocycles. The maximum atomic E-state index is 4.29. The minimum absolute atomic E-state index is 0. The molecule has 2 rings (SSSR count). The Morgan fingerprint density at radius 3 is 2.65 bits per heavy atom. The first-order valence-corrected chi connectivity index (χ1v) is 8.85. The van der Waals surface area contributed by atoms with Gasteiger partial charge < -0.3 is 10.6 Å². The standard InChI is InChI=1S/C19H30N6.HI/c1-17(24(3)16-18-9-5-4-6-10-18)15-22-19(20-2)21-11-7-13-25-14-8-12-23-25;/h4-6,8-10,12,14,17H,7,11,13,15-16H2,1-3H3,(H2,20,21,22);1H. The van der Waals surface area contributed by atoms with Crippen LogP contribution in [0, 0.1) is 0 Å². The molecular weight excluding hydrogens is 439 g/mol. The van der Waals surface area contributed by atoms with E-state index in [0.717, 1.165) is 38.6 Å². The molecule has 0 spiro atoms. The highest BCUT2D eigenvalue weighted by Crippen LogP contribution is 2.05. The van der Waals surface area contributed by atoms with Crippen LogP contribution >= 0.6 is 24.0 Å². The number of aromatic nitrogens is 2. The summed E-state index contributed by atoms with van der Waals surface area (Å²) in [5, 5.41) is 11.0. The third-order valence-electron chi connectivity index (χ3n) is 4.23. The van der Waals surface area contributed by atoms with Gasteiger partial charge in [0.15, 0.2) is 5.96 Å². The van der Waals surface area contributed by atoms with Crippen LogP contribution in [0.1, 0.15) is 18.9 Å². The van der Waals surface area contributed by atoms with E-state index in [-0.39, 0.29) is 24.0 Å². The lowest BCUT2D eigenvalue weighted by Crippen LogP contribution is -2.45. The predicted molar refractivity (Wildman–Crippen MR) is 119 cm³/mol. The zero-order valence-electron chi connectivity index (χ0n) is 15.9. The fourth-order valence-corrected chi connectivity index (χ4v) is 2.53. The first-order chi connectivity index (χ1) is 12.2. The van der Waals surface area contributed by atoms with Crippen molar-refractivity contribution in [2.75, 3.05) is 27.2 Å². The van der Waals surface area contributed by atoms with Crippen molar-refractivity contribution in [3.05, 3.63) is 54.4 Å². The van der Waals surface area contributed by atoms with Crippen LogP contribution < -0.4 is 10.6 Å². The van der Waals surface area contributed by atoms with Crippen molar-refractivity contribution >= 4 is 29.9 Å². The lowest BCUT2D eigenvalue weighted by Gasteiger charge is -2.25. The van der Waals surface area contributed by atoms with Crippen molar-refractivity contribution in [3.8, 4) is 0 Å². The summed E-state index contributed by atoms with van der Waals surface area (Å²) in [6.45, 7) is 5.80. The van der Waals surface area contributed by atoms with Gasteiger partial charge in [-0.25, -0.2) is 0 Å². The molecule has 2 N–H and O–H groups in total. The first-order valence-electron chi connectivity index (χ1n) is 8.85. The summed E-state index contributed by atoms with van der Waals surface area (Å²) >= 11 is 0. The molecule has 0 saturated heterocycles. The van der Waals surface area contributed by atoms with Crippen LogP contribution in [0.5, 0.6) is 0 Å². The molecule has 144 valence electrons.